The molecule has 0 saturated carbocycles. The van der Waals surface area contributed by atoms with Gasteiger partial charge < -0.3 is 10.1 Å². The molecule has 0 radical (unpaired) electrons. The third kappa shape index (κ3) is 3.94. The van der Waals surface area contributed by atoms with E-state index in [2.05, 4.69) is 17.2 Å². The summed E-state index contributed by atoms with van der Waals surface area (Å²) in [4.78, 5) is 16.2. The van der Waals surface area contributed by atoms with Gasteiger partial charge in [0.25, 0.3) is 0 Å². The second-order valence-electron chi connectivity index (χ2n) is 4.95. The molecule has 4 nitrogen and oxygen atoms in total. The molecular formula is C15H24N2O2. The van der Waals surface area contributed by atoms with E-state index in [1.165, 1.54) is 0 Å². The number of methoxy groups -OCH3 is 1. The van der Waals surface area contributed by atoms with Crippen LogP contribution in [0.5, 0.6) is 5.75 Å². The van der Waals surface area contributed by atoms with E-state index in [-0.39, 0.29) is 11.8 Å². The highest BCUT2D eigenvalue weighted by Crippen LogP contribution is 2.23. The fraction of sp³-hybridized carbons (Fsp3) is 0.600. The summed E-state index contributed by atoms with van der Waals surface area (Å²) in [5.41, 5.74) is 2.86. The Morgan fingerprint density at radius 1 is 1.47 bits per heavy atom. The highest BCUT2D eigenvalue weighted by molar-refractivity contribution is 5.78. The van der Waals surface area contributed by atoms with Crippen LogP contribution >= 0.6 is 0 Å². The van der Waals surface area contributed by atoms with Crippen LogP contribution in [0.2, 0.25) is 0 Å². The van der Waals surface area contributed by atoms with Gasteiger partial charge in [0.05, 0.1) is 19.3 Å². The quantitative estimate of drug-likeness (QED) is 0.859. The lowest BCUT2D eigenvalue weighted by Gasteiger charge is -2.14. The van der Waals surface area contributed by atoms with Crippen molar-refractivity contribution in [2.24, 2.45) is 5.92 Å². The fourth-order valence-electron chi connectivity index (χ4n) is 2.16. The van der Waals surface area contributed by atoms with E-state index in [0.717, 1.165) is 35.4 Å². The molecule has 0 aliphatic heterocycles. The van der Waals surface area contributed by atoms with Crippen molar-refractivity contribution < 1.29 is 9.53 Å². The zero-order valence-corrected chi connectivity index (χ0v) is 12.5. The predicted octanol–water partition coefficient (Wildman–Crippen LogP) is 2.76. The van der Waals surface area contributed by atoms with E-state index < -0.39 is 0 Å². The number of ether oxygens (including phenoxy) is 1. The molecule has 0 aliphatic carbocycles. The minimum atomic E-state index is 0.0534. The van der Waals surface area contributed by atoms with Crippen molar-refractivity contribution in [1.82, 2.24) is 10.3 Å². The minimum absolute atomic E-state index is 0.0534. The molecule has 1 aromatic rings. The van der Waals surface area contributed by atoms with Gasteiger partial charge in [0.2, 0.25) is 5.91 Å². The van der Waals surface area contributed by atoms with E-state index in [4.69, 9.17) is 4.74 Å². The highest BCUT2D eigenvalue weighted by atomic mass is 16.5. The molecule has 0 spiro atoms. The first kappa shape index (κ1) is 15.5. The third-order valence-corrected chi connectivity index (χ3v) is 3.35. The number of aromatic nitrogens is 1. The third-order valence-electron chi connectivity index (χ3n) is 3.35. The topological polar surface area (TPSA) is 51.2 Å². The SMILES string of the molecule is CCCC(C)C(=O)NCc1ncc(C)c(OC)c1C. The number of aryl methyl sites for hydroxylation is 1. The van der Waals surface area contributed by atoms with Gasteiger partial charge in [0.15, 0.2) is 0 Å². The number of hydrogen-bond acceptors (Lipinski definition) is 3. The lowest BCUT2D eigenvalue weighted by atomic mass is 10.1. The summed E-state index contributed by atoms with van der Waals surface area (Å²) in [6, 6.07) is 0. The lowest BCUT2D eigenvalue weighted by Crippen LogP contribution is -2.29. The number of pyridine rings is 1. The van der Waals surface area contributed by atoms with Gasteiger partial charge in [-0.15, -0.1) is 0 Å². The molecule has 1 heterocycles. The Morgan fingerprint density at radius 2 is 2.16 bits per heavy atom. The Balaban J connectivity index is 2.71. The molecule has 19 heavy (non-hydrogen) atoms. The number of amides is 1. The maximum atomic E-state index is 11.9. The highest BCUT2D eigenvalue weighted by Gasteiger charge is 2.13. The fourth-order valence-corrected chi connectivity index (χ4v) is 2.16. The van der Waals surface area contributed by atoms with E-state index in [1.54, 1.807) is 13.3 Å². The summed E-state index contributed by atoms with van der Waals surface area (Å²) in [5.74, 6) is 0.987. The molecule has 1 atom stereocenters. The van der Waals surface area contributed by atoms with E-state index in [1.807, 2.05) is 20.8 Å². The molecule has 1 rings (SSSR count). The van der Waals surface area contributed by atoms with Crippen LogP contribution in [0, 0.1) is 19.8 Å². The van der Waals surface area contributed by atoms with Gasteiger partial charge >= 0.3 is 0 Å². The summed E-state index contributed by atoms with van der Waals surface area (Å²) in [6.45, 7) is 8.42. The normalized spacial score (nSPS) is 12.1. The Bertz CT molecular complexity index is 444. The smallest absolute Gasteiger partial charge is 0.223 e. The first-order chi connectivity index (χ1) is 9.01. The van der Waals surface area contributed by atoms with Gasteiger partial charge in [-0.25, -0.2) is 0 Å². The van der Waals surface area contributed by atoms with E-state index in [0.29, 0.717) is 6.54 Å². The zero-order valence-electron chi connectivity index (χ0n) is 12.5. The summed E-state index contributed by atoms with van der Waals surface area (Å²) in [7, 11) is 1.65. The van der Waals surface area contributed by atoms with Crippen LogP contribution in [0.4, 0.5) is 0 Å². The summed E-state index contributed by atoms with van der Waals surface area (Å²) >= 11 is 0. The Morgan fingerprint density at radius 3 is 2.74 bits per heavy atom. The van der Waals surface area contributed by atoms with Crippen molar-refractivity contribution >= 4 is 5.91 Å². The van der Waals surface area contributed by atoms with E-state index >= 15 is 0 Å². The molecular weight excluding hydrogens is 240 g/mol. The molecule has 4 heteroatoms. The molecule has 0 fully saturated rings. The van der Waals surface area contributed by atoms with Crippen LogP contribution in [0.1, 0.15) is 43.5 Å². The molecule has 1 N–H and O–H groups in total. The van der Waals surface area contributed by atoms with Gasteiger partial charge in [0, 0.05) is 23.2 Å². The van der Waals surface area contributed by atoms with Gasteiger partial charge in [-0.05, 0) is 20.3 Å². The number of nitrogens with zero attached hydrogens (tertiary/aromatic N) is 1. The van der Waals surface area contributed by atoms with Crippen LogP contribution in [0.25, 0.3) is 0 Å². The maximum Gasteiger partial charge on any atom is 0.223 e. The van der Waals surface area contributed by atoms with Crippen LogP contribution < -0.4 is 10.1 Å². The number of carbonyl (C=O) groups excluding carboxylic acids is 1. The molecule has 106 valence electrons. The summed E-state index contributed by atoms with van der Waals surface area (Å²) in [6.07, 6.45) is 3.71. The molecule has 1 aromatic heterocycles. The number of hydrogen-bond donors (Lipinski definition) is 1. The Kier molecular flexibility index (Phi) is 5.80. The Hall–Kier alpha value is -1.58. The first-order valence-corrected chi connectivity index (χ1v) is 6.78. The van der Waals surface area contributed by atoms with E-state index in [9.17, 15) is 4.79 Å². The molecule has 0 bridgehead atoms. The van der Waals surface area contributed by atoms with Crippen molar-refractivity contribution in [3.63, 3.8) is 0 Å². The Labute approximate surface area is 115 Å². The van der Waals surface area contributed by atoms with Crippen LogP contribution in [-0.2, 0) is 11.3 Å². The zero-order chi connectivity index (χ0) is 14.4. The average molecular weight is 264 g/mol. The molecule has 1 unspecified atom stereocenters. The van der Waals surface area contributed by atoms with Crippen molar-refractivity contribution in [1.29, 1.82) is 0 Å². The number of nitrogens with one attached hydrogen (secondary N) is 1. The molecule has 0 saturated heterocycles. The second-order valence-corrected chi connectivity index (χ2v) is 4.95. The largest absolute Gasteiger partial charge is 0.496 e. The van der Waals surface area contributed by atoms with Crippen LogP contribution in [-0.4, -0.2) is 18.0 Å². The predicted molar refractivity (Wildman–Crippen MR) is 76.2 cm³/mol. The minimum Gasteiger partial charge on any atom is -0.496 e. The monoisotopic (exact) mass is 264 g/mol. The van der Waals surface area contributed by atoms with Gasteiger partial charge in [-0.2, -0.15) is 0 Å². The van der Waals surface area contributed by atoms with Gasteiger partial charge in [-0.3, -0.25) is 9.78 Å². The second kappa shape index (κ2) is 7.12. The molecule has 1 amide bonds. The maximum absolute atomic E-state index is 11.9. The van der Waals surface area contributed by atoms with Gasteiger partial charge in [0.1, 0.15) is 5.75 Å². The molecule has 0 aliphatic rings. The first-order valence-electron chi connectivity index (χ1n) is 6.78. The van der Waals surface area contributed by atoms with Crippen LogP contribution in [0.15, 0.2) is 6.20 Å². The number of rotatable bonds is 6. The molecule has 0 aromatic carbocycles. The van der Waals surface area contributed by atoms with Crippen molar-refractivity contribution in [2.45, 2.75) is 47.1 Å². The average Bonchev–Trinajstić information content (AvgIpc) is 2.38. The van der Waals surface area contributed by atoms with Crippen molar-refractivity contribution in [3.05, 3.63) is 23.0 Å². The lowest BCUT2D eigenvalue weighted by molar-refractivity contribution is -0.124. The standard InChI is InChI=1S/C15H24N2O2/c1-6-7-10(2)15(18)17-9-13-12(4)14(19-5)11(3)8-16-13/h8,10H,6-7,9H2,1-5H3,(H,17,18). The van der Waals surface area contributed by atoms with Crippen molar-refractivity contribution in [3.8, 4) is 5.75 Å². The summed E-state index contributed by atoms with van der Waals surface area (Å²) < 4.78 is 5.36. The summed E-state index contributed by atoms with van der Waals surface area (Å²) in [5, 5.41) is 2.94. The van der Waals surface area contributed by atoms with Gasteiger partial charge in [-0.1, -0.05) is 20.3 Å². The van der Waals surface area contributed by atoms with Crippen LogP contribution in [0.3, 0.4) is 0 Å². The number of carbonyl (C=O) groups is 1. The van der Waals surface area contributed by atoms with Crippen molar-refractivity contribution in [2.75, 3.05) is 7.11 Å².